The number of anilines is 2. The SMILES string of the molecule is CCN(C(=S)Nc1cccc(C(F)(F)F)c1)c1ccccc1. The van der Waals surface area contributed by atoms with Crippen LogP contribution >= 0.6 is 12.2 Å². The van der Waals surface area contributed by atoms with Crippen molar-refractivity contribution in [3.8, 4) is 0 Å². The maximum atomic E-state index is 12.7. The minimum absolute atomic E-state index is 0.314. The van der Waals surface area contributed by atoms with Gasteiger partial charge in [0.15, 0.2) is 5.11 Å². The normalized spacial score (nSPS) is 11.1. The highest BCUT2D eigenvalue weighted by atomic mass is 32.1. The van der Waals surface area contributed by atoms with Gasteiger partial charge < -0.3 is 10.2 Å². The standard InChI is InChI=1S/C16H15F3N2S/c1-2-21(14-9-4-3-5-10-14)15(22)20-13-8-6-7-12(11-13)16(17,18)19/h3-11H,2H2,1H3,(H,20,22). The third-order valence-electron chi connectivity index (χ3n) is 3.07. The summed E-state index contributed by atoms with van der Waals surface area (Å²) in [7, 11) is 0. The summed E-state index contributed by atoms with van der Waals surface area (Å²) >= 11 is 5.31. The third kappa shape index (κ3) is 3.98. The van der Waals surface area contributed by atoms with Crippen LogP contribution < -0.4 is 10.2 Å². The average molecular weight is 324 g/mol. The van der Waals surface area contributed by atoms with Crippen LogP contribution in [-0.2, 0) is 6.18 Å². The molecular weight excluding hydrogens is 309 g/mol. The number of thiocarbonyl (C=S) groups is 1. The highest BCUT2D eigenvalue weighted by molar-refractivity contribution is 7.80. The molecule has 0 saturated carbocycles. The van der Waals surface area contributed by atoms with Crippen LogP contribution in [0.3, 0.4) is 0 Å². The fourth-order valence-electron chi connectivity index (χ4n) is 2.02. The molecule has 116 valence electrons. The molecule has 0 spiro atoms. The van der Waals surface area contributed by atoms with Crippen molar-refractivity contribution in [2.24, 2.45) is 0 Å². The Morgan fingerprint density at radius 2 is 1.77 bits per heavy atom. The molecule has 0 fully saturated rings. The quantitative estimate of drug-likeness (QED) is 0.806. The number of hydrogen-bond donors (Lipinski definition) is 1. The summed E-state index contributed by atoms with van der Waals surface area (Å²) in [6, 6.07) is 14.4. The van der Waals surface area contributed by atoms with E-state index < -0.39 is 11.7 Å². The molecule has 0 atom stereocenters. The summed E-state index contributed by atoms with van der Waals surface area (Å²) < 4.78 is 38.2. The zero-order chi connectivity index (χ0) is 16.2. The van der Waals surface area contributed by atoms with E-state index in [1.165, 1.54) is 6.07 Å². The molecule has 2 aromatic rings. The molecule has 0 aromatic heterocycles. The van der Waals surface area contributed by atoms with Gasteiger partial charge in [-0.2, -0.15) is 13.2 Å². The van der Waals surface area contributed by atoms with Crippen molar-refractivity contribution in [3.63, 3.8) is 0 Å². The zero-order valence-corrected chi connectivity index (χ0v) is 12.7. The van der Waals surface area contributed by atoms with E-state index in [0.717, 1.165) is 17.8 Å². The fraction of sp³-hybridized carbons (Fsp3) is 0.188. The van der Waals surface area contributed by atoms with E-state index in [-0.39, 0.29) is 0 Å². The molecule has 6 heteroatoms. The second kappa shape index (κ2) is 6.79. The van der Waals surface area contributed by atoms with Crippen molar-refractivity contribution < 1.29 is 13.2 Å². The summed E-state index contributed by atoms with van der Waals surface area (Å²) in [5.41, 5.74) is 0.492. The second-order valence-electron chi connectivity index (χ2n) is 4.59. The second-order valence-corrected chi connectivity index (χ2v) is 4.98. The zero-order valence-electron chi connectivity index (χ0n) is 11.9. The third-order valence-corrected chi connectivity index (χ3v) is 3.39. The molecule has 22 heavy (non-hydrogen) atoms. The van der Waals surface area contributed by atoms with E-state index >= 15 is 0 Å². The fourth-order valence-corrected chi connectivity index (χ4v) is 2.37. The number of nitrogens with zero attached hydrogens (tertiary/aromatic N) is 1. The lowest BCUT2D eigenvalue weighted by Crippen LogP contribution is -2.34. The van der Waals surface area contributed by atoms with Gasteiger partial charge in [0.1, 0.15) is 0 Å². The Morgan fingerprint density at radius 1 is 1.09 bits per heavy atom. The van der Waals surface area contributed by atoms with Gasteiger partial charge in [0.05, 0.1) is 5.56 Å². The van der Waals surface area contributed by atoms with E-state index in [2.05, 4.69) is 5.32 Å². The van der Waals surface area contributed by atoms with Gasteiger partial charge in [-0.25, -0.2) is 0 Å². The molecule has 2 nitrogen and oxygen atoms in total. The minimum Gasteiger partial charge on any atom is -0.332 e. The van der Waals surface area contributed by atoms with Crippen LogP contribution in [0.15, 0.2) is 54.6 Å². The highest BCUT2D eigenvalue weighted by Crippen LogP contribution is 2.30. The van der Waals surface area contributed by atoms with Crippen molar-refractivity contribution >= 4 is 28.7 Å². The predicted octanol–water partition coefficient (Wildman–Crippen LogP) is 4.93. The maximum absolute atomic E-state index is 12.7. The van der Waals surface area contributed by atoms with Crippen LogP contribution in [0.1, 0.15) is 12.5 Å². The summed E-state index contributed by atoms with van der Waals surface area (Å²) in [6.07, 6.45) is -4.37. The van der Waals surface area contributed by atoms with Gasteiger partial charge in [0.2, 0.25) is 0 Å². The molecule has 0 aliphatic rings. The molecule has 0 aliphatic carbocycles. The van der Waals surface area contributed by atoms with Crippen LogP contribution in [0, 0.1) is 0 Å². The number of halogens is 3. The Balaban J connectivity index is 2.18. The van der Waals surface area contributed by atoms with Crippen LogP contribution in [0.25, 0.3) is 0 Å². The lowest BCUT2D eigenvalue weighted by atomic mass is 10.2. The Morgan fingerprint density at radius 3 is 2.36 bits per heavy atom. The molecule has 2 aromatic carbocycles. The molecule has 0 unspecified atom stereocenters. The molecular formula is C16H15F3N2S. The lowest BCUT2D eigenvalue weighted by Gasteiger charge is -2.24. The van der Waals surface area contributed by atoms with Gasteiger partial charge in [-0.3, -0.25) is 0 Å². The van der Waals surface area contributed by atoms with Gasteiger partial charge in [-0.15, -0.1) is 0 Å². The first-order chi connectivity index (χ1) is 10.4. The van der Waals surface area contributed by atoms with Gasteiger partial charge in [-0.1, -0.05) is 24.3 Å². The smallest absolute Gasteiger partial charge is 0.332 e. The molecule has 0 bridgehead atoms. The van der Waals surface area contributed by atoms with Crippen molar-refractivity contribution in [2.75, 3.05) is 16.8 Å². The van der Waals surface area contributed by atoms with E-state index in [4.69, 9.17) is 12.2 Å². The molecule has 0 aliphatic heterocycles. The summed E-state index contributed by atoms with van der Waals surface area (Å²) in [5.74, 6) is 0. The van der Waals surface area contributed by atoms with Gasteiger partial charge >= 0.3 is 6.18 Å². The number of benzene rings is 2. The Bertz CT molecular complexity index is 641. The first-order valence-electron chi connectivity index (χ1n) is 6.72. The Kier molecular flexibility index (Phi) is 5.03. The first kappa shape index (κ1) is 16.3. The first-order valence-corrected chi connectivity index (χ1v) is 7.13. The largest absolute Gasteiger partial charge is 0.416 e. The van der Waals surface area contributed by atoms with Crippen molar-refractivity contribution in [1.29, 1.82) is 0 Å². The molecule has 0 saturated heterocycles. The number of alkyl halides is 3. The van der Waals surface area contributed by atoms with Crippen molar-refractivity contribution in [2.45, 2.75) is 13.1 Å². The summed E-state index contributed by atoms with van der Waals surface area (Å²) in [6.45, 7) is 2.53. The molecule has 0 radical (unpaired) electrons. The van der Waals surface area contributed by atoms with Gasteiger partial charge in [-0.05, 0) is 49.5 Å². The molecule has 2 rings (SSSR count). The van der Waals surface area contributed by atoms with Crippen LogP contribution in [0.5, 0.6) is 0 Å². The van der Waals surface area contributed by atoms with E-state index in [9.17, 15) is 13.2 Å². The van der Waals surface area contributed by atoms with Gasteiger partial charge in [0, 0.05) is 17.9 Å². The van der Waals surface area contributed by atoms with E-state index in [0.29, 0.717) is 17.3 Å². The molecule has 1 N–H and O–H groups in total. The lowest BCUT2D eigenvalue weighted by molar-refractivity contribution is -0.137. The number of rotatable bonds is 3. The number of hydrogen-bond acceptors (Lipinski definition) is 1. The maximum Gasteiger partial charge on any atom is 0.416 e. The Labute approximate surface area is 132 Å². The van der Waals surface area contributed by atoms with Gasteiger partial charge in [0.25, 0.3) is 0 Å². The van der Waals surface area contributed by atoms with Crippen molar-refractivity contribution in [3.05, 3.63) is 60.2 Å². The van der Waals surface area contributed by atoms with Crippen LogP contribution in [0.4, 0.5) is 24.5 Å². The minimum atomic E-state index is -4.37. The molecule has 0 heterocycles. The van der Waals surface area contributed by atoms with Crippen LogP contribution in [-0.4, -0.2) is 11.7 Å². The average Bonchev–Trinajstić information content (AvgIpc) is 2.48. The van der Waals surface area contributed by atoms with Crippen molar-refractivity contribution in [1.82, 2.24) is 0 Å². The number of para-hydroxylation sites is 1. The predicted molar refractivity (Wildman–Crippen MR) is 87.1 cm³/mol. The monoisotopic (exact) mass is 324 g/mol. The van der Waals surface area contributed by atoms with E-state index in [1.807, 2.05) is 42.2 Å². The summed E-state index contributed by atoms with van der Waals surface area (Å²) in [5, 5.41) is 3.22. The molecule has 0 amide bonds. The highest BCUT2D eigenvalue weighted by Gasteiger charge is 2.30. The topological polar surface area (TPSA) is 15.3 Å². The summed E-state index contributed by atoms with van der Waals surface area (Å²) in [4.78, 5) is 1.82. The van der Waals surface area contributed by atoms with Crippen LogP contribution in [0.2, 0.25) is 0 Å². The number of nitrogens with one attached hydrogen (secondary N) is 1. The Hall–Kier alpha value is -2.08. The van der Waals surface area contributed by atoms with E-state index in [1.54, 1.807) is 6.07 Å².